The van der Waals surface area contributed by atoms with Crippen molar-refractivity contribution in [2.24, 2.45) is 0 Å². The van der Waals surface area contributed by atoms with Crippen LogP contribution in [0.5, 0.6) is 0 Å². The van der Waals surface area contributed by atoms with Gasteiger partial charge >= 0.3 is 19.8 Å². The number of phosphoric acid groups is 1. The number of phosphoric ester groups is 1. The zero-order valence-electron chi connectivity index (χ0n) is 35.8. The number of carbonyl (C=O) groups is 2. The minimum atomic E-state index is -4.63. The van der Waals surface area contributed by atoms with E-state index in [4.69, 9.17) is 19.1 Å². The number of hydrogen-bond donors (Lipinski definition) is 3. The lowest BCUT2D eigenvalue weighted by Crippen LogP contribution is -2.29. The van der Waals surface area contributed by atoms with Crippen molar-refractivity contribution in [1.29, 1.82) is 0 Å². The summed E-state index contributed by atoms with van der Waals surface area (Å²) in [6, 6.07) is 0. The second-order valence-electron chi connectivity index (χ2n) is 14.7. The lowest BCUT2D eigenvalue weighted by Gasteiger charge is -2.20. The molecule has 0 bridgehead atoms. The average Bonchev–Trinajstić information content (AvgIpc) is 3.20. The smallest absolute Gasteiger partial charge is 0.462 e. The van der Waals surface area contributed by atoms with Gasteiger partial charge in [-0.05, 0) is 77.0 Å². The molecule has 0 heterocycles. The molecule has 0 aliphatic carbocycles. The first-order valence-corrected chi connectivity index (χ1v) is 23.7. The fourth-order valence-electron chi connectivity index (χ4n) is 5.74. The van der Waals surface area contributed by atoms with Gasteiger partial charge < -0.3 is 24.6 Å². The highest BCUT2D eigenvalue weighted by molar-refractivity contribution is 7.47. The van der Waals surface area contributed by atoms with Gasteiger partial charge in [0.2, 0.25) is 0 Å². The molecule has 1 unspecified atom stereocenters. The predicted molar refractivity (Wildman–Crippen MR) is 233 cm³/mol. The van der Waals surface area contributed by atoms with Crippen LogP contribution in [0.15, 0.2) is 60.8 Å². The largest absolute Gasteiger partial charge is 0.472 e. The van der Waals surface area contributed by atoms with Gasteiger partial charge in [-0.3, -0.25) is 18.6 Å². The van der Waals surface area contributed by atoms with E-state index < -0.39 is 51.8 Å². The molecule has 0 aromatic carbocycles. The van der Waals surface area contributed by atoms with Crippen molar-refractivity contribution >= 4 is 19.8 Å². The van der Waals surface area contributed by atoms with E-state index in [0.29, 0.717) is 12.8 Å². The van der Waals surface area contributed by atoms with Crippen LogP contribution < -0.4 is 0 Å². The van der Waals surface area contributed by atoms with Crippen molar-refractivity contribution in [3.63, 3.8) is 0 Å². The quantitative estimate of drug-likeness (QED) is 0.0235. The van der Waals surface area contributed by atoms with Crippen LogP contribution in [0.3, 0.4) is 0 Å². The number of hydrogen-bond acceptors (Lipinski definition) is 9. The van der Waals surface area contributed by atoms with E-state index >= 15 is 0 Å². The zero-order chi connectivity index (χ0) is 41.9. The molecule has 0 radical (unpaired) electrons. The normalized spacial score (nSPS) is 14.4. The van der Waals surface area contributed by atoms with E-state index in [1.165, 1.54) is 77.0 Å². The third-order valence-corrected chi connectivity index (χ3v) is 10.1. The van der Waals surface area contributed by atoms with Gasteiger partial charge in [0.15, 0.2) is 6.10 Å². The van der Waals surface area contributed by atoms with Crippen LogP contribution in [0, 0.1) is 0 Å². The summed E-state index contributed by atoms with van der Waals surface area (Å²) in [6.07, 6.45) is 46.2. The molecule has 57 heavy (non-hydrogen) atoms. The van der Waals surface area contributed by atoms with E-state index in [1.54, 1.807) is 0 Å². The standard InChI is InChI=1S/C46H81O10P/c1-3-5-7-9-11-13-15-17-19-20-21-22-24-26-28-30-32-34-36-38-46(50)56-44(42-55-57(51,52)54-40-43(48)39-47)41-53-45(49)37-35-33-31-29-27-25-23-18-16-14-12-10-8-6-4-2/h6,8,12,14,18,20-21,23,27,29,43-44,47-48H,3-5,7,9-11,13,15-17,19,22,24-26,28,30-42H2,1-2H3,(H,51,52)/b8-6-,14-12-,21-20-,23-18-,29-27-/t43-,44+/m0/s1. The van der Waals surface area contributed by atoms with Gasteiger partial charge in [0.05, 0.1) is 19.8 Å². The maximum absolute atomic E-state index is 12.6. The number of allylic oxidation sites excluding steroid dienone is 10. The molecule has 0 spiro atoms. The molecule has 11 heteroatoms. The first-order valence-electron chi connectivity index (χ1n) is 22.2. The monoisotopic (exact) mass is 825 g/mol. The number of ether oxygens (including phenoxy) is 2. The number of rotatable bonds is 41. The Balaban J connectivity index is 4.34. The van der Waals surface area contributed by atoms with Crippen LogP contribution in [-0.2, 0) is 32.7 Å². The molecule has 0 aromatic rings. The van der Waals surface area contributed by atoms with Crippen LogP contribution in [0.25, 0.3) is 0 Å². The van der Waals surface area contributed by atoms with Crippen molar-refractivity contribution in [3.8, 4) is 0 Å². The molecule has 0 amide bonds. The topological polar surface area (TPSA) is 149 Å². The third kappa shape index (κ3) is 41.6. The average molecular weight is 825 g/mol. The molecular weight excluding hydrogens is 743 g/mol. The highest BCUT2D eigenvalue weighted by Gasteiger charge is 2.27. The summed E-state index contributed by atoms with van der Waals surface area (Å²) >= 11 is 0. The molecule has 0 aromatic heterocycles. The Hall–Kier alpha value is -2.33. The predicted octanol–water partition coefficient (Wildman–Crippen LogP) is 11.9. The summed E-state index contributed by atoms with van der Waals surface area (Å²) < 4.78 is 32.7. The maximum Gasteiger partial charge on any atom is 0.472 e. The number of carbonyl (C=O) groups excluding carboxylic acids is 2. The Morgan fingerprint density at radius 3 is 1.51 bits per heavy atom. The highest BCUT2D eigenvalue weighted by atomic mass is 31.2. The Morgan fingerprint density at radius 2 is 0.965 bits per heavy atom. The van der Waals surface area contributed by atoms with E-state index in [9.17, 15) is 24.2 Å². The SMILES string of the molecule is CC/C=C\C/C=C\C/C=C\C/C=C\CCCCC(=O)OC[C@H](COP(=O)(O)OC[C@@H](O)CO)OC(=O)CCCCCCCCC/C=C\CCCCCCCCCC. The molecule has 0 aliphatic heterocycles. The molecule has 0 saturated heterocycles. The highest BCUT2D eigenvalue weighted by Crippen LogP contribution is 2.43. The minimum absolute atomic E-state index is 0.168. The van der Waals surface area contributed by atoms with E-state index in [1.807, 2.05) is 0 Å². The molecule has 0 saturated carbocycles. The minimum Gasteiger partial charge on any atom is -0.462 e. The van der Waals surface area contributed by atoms with Crippen LogP contribution in [0.2, 0.25) is 0 Å². The van der Waals surface area contributed by atoms with Gasteiger partial charge in [-0.1, -0.05) is 152 Å². The van der Waals surface area contributed by atoms with E-state index in [2.05, 4.69) is 79.1 Å². The van der Waals surface area contributed by atoms with Crippen LogP contribution in [-0.4, -0.2) is 65.7 Å². The van der Waals surface area contributed by atoms with Crippen LogP contribution in [0.4, 0.5) is 0 Å². The fourth-order valence-corrected chi connectivity index (χ4v) is 6.53. The molecule has 0 aliphatic rings. The Morgan fingerprint density at radius 1 is 0.544 bits per heavy atom. The molecule has 3 N–H and O–H groups in total. The number of aliphatic hydroxyl groups excluding tert-OH is 2. The fraction of sp³-hybridized carbons (Fsp3) is 0.739. The summed E-state index contributed by atoms with van der Waals surface area (Å²) in [7, 11) is -4.63. The zero-order valence-corrected chi connectivity index (χ0v) is 36.7. The second-order valence-corrected chi connectivity index (χ2v) is 16.1. The van der Waals surface area contributed by atoms with Crippen molar-refractivity contribution in [2.75, 3.05) is 26.4 Å². The van der Waals surface area contributed by atoms with Gasteiger partial charge in [-0.25, -0.2) is 4.57 Å². The molecule has 3 atom stereocenters. The van der Waals surface area contributed by atoms with Crippen molar-refractivity contribution in [3.05, 3.63) is 60.8 Å². The molecule has 10 nitrogen and oxygen atoms in total. The second kappa shape index (κ2) is 41.8. The van der Waals surface area contributed by atoms with Crippen LogP contribution >= 0.6 is 7.82 Å². The van der Waals surface area contributed by atoms with Crippen molar-refractivity contribution in [1.82, 2.24) is 0 Å². The maximum atomic E-state index is 12.6. The molecular formula is C46H81O10P. The van der Waals surface area contributed by atoms with Gasteiger partial charge in [-0.15, -0.1) is 0 Å². The summed E-state index contributed by atoms with van der Waals surface area (Å²) in [4.78, 5) is 35.0. The summed E-state index contributed by atoms with van der Waals surface area (Å²) in [5.74, 6) is -0.980. The molecule has 0 fully saturated rings. The van der Waals surface area contributed by atoms with E-state index in [-0.39, 0.29) is 19.4 Å². The lowest BCUT2D eigenvalue weighted by molar-refractivity contribution is -0.161. The number of esters is 2. The van der Waals surface area contributed by atoms with Crippen molar-refractivity contribution in [2.45, 2.75) is 193 Å². The third-order valence-electron chi connectivity index (χ3n) is 9.16. The van der Waals surface area contributed by atoms with Gasteiger partial charge in [-0.2, -0.15) is 0 Å². The lowest BCUT2D eigenvalue weighted by atomic mass is 10.1. The van der Waals surface area contributed by atoms with Gasteiger partial charge in [0.1, 0.15) is 12.7 Å². The van der Waals surface area contributed by atoms with Crippen LogP contribution in [0.1, 0.15) is 181 Å². The first kappa shape index (κ1) is 54.7. The van der Waals surface area contributed by atoms with Gasteiger partial charge in [0, 0.05) is 12.8 Å². The Bertz CT molecular complexity index is 1130. The number of unbranched alkanes of at least 4 members (excludes halogenated alkanes) is 17. The summed E-state index contributed by atoms with van der Waals surface area (Å²) in [5, 5.41) is 18.3. The van der Waals surface area contributed by atoms with Crippen molar-refractivity contribution < 1.29 is 47.8 Å². The van der Waals surface area contributed by atoms with E-state index in [0.717, 1.165) is 64.2 Å². The molecule has 0 rings (SSSR count). The summed E-state index contributed by atoms with van der Waals surface area (Å²) in [6.45, 7) is 2.21. The molecule has 330 valence electrons. The summed E-state index contributed by atoms with van der Waals surface area (Å²) in [5.41, 5.74) is 0. The Labute approximate surface area is 346 Å². The van der Waals surface area contributed by atoms with Gasteiger partial charge in [0.25, 0.3) is 0 Å². The first-order chi connectivity index (χ1) is 27.7. The Kier molecular flexibility index (Phi) is 40.1. The number of aliphatic hydroxyl groups is 2.